The van der Waals surface area contributed by atoms with E-state index in [1.807, 2.05) is 24.3 Å². The highest BCUT2D eigenvalue weighted by atomic mass is 16.5. The van der Waals surface area contributed by atoms with Crippen molar-refractivity contribution in [1.82, 2.24) is 0 Å². The number of hydrogen-bond donors (Lipinski definition) is 2. The van der Waals surface area contributed by atoms with Crippen LogP contribution in [-0.4, -0.2) is 37.6 Å². The highest BCUT2D eigenvalue weighted by Crippen LogP contribution is 2.34. The molecule has 2 rings (SSSR count). The van der Waals surface area contributed by atoms with Crippen LogP contribution >= 0.6 is 0 Å². The maximum atomic E-state index is 9.25. The number of ether oxygens (including phenoxy) is 2. The van der Waals surface area contributed by atoms with E-state index in [9.17, 15) is 10.2 Å². The first-order valence-electron chi connectivity index (χ1n) is 6.64. The summed E-state index contributed by atoms with van der Waals surface area (Å²) in [4.78, 5) is 0. The standard InChI is InChI=1S/C16H20O4/c1-19-15-5-3-12-11(13(15)7-9-17)4-6-16(20-2)14(12)8-10-18/h3-6,17-18H,7-10H2,1-2H3. The molecule has 0 fully saturated rings. The summed E-state index contributed by atoms with van der Waals surface area (Å²) in [5.41, 5.74) is 1.96. The van der Waals surface area contributed by atoms with Gasteiger partial charge in [0.15, 0.2) is 0 Å². The molecule has 0 heterocycles. The quantitative estimate of drug-likeness (QED) is 0.846. The third-order valence-corrected chi connectivity index (χ3v) is 3.50. The van der Waals surface area contributed by atoms with Gasteiger partial charge in [-0.05, 0) is 35.7 Å². The first kappa shape index (κ1) is 14.6. The smallest absolute Gasteiger partial charge is 0.122 e. The molecule has 2 aromatic carbocycles. The van der Waals surface area contributed by atoms with Gasteiger partial charge in [0.2, 0.25) is 0 Å². The Balaban J connectivity index is 2.72. The Labute approximate surface area is 118 Å². The van der Waals surface area contributed by atoms with E-state index in [0.29, 0.717) is 12.8 Å². The van der Waals surface area contributed by atoms with Crippen molar-refractivity contribution >= 4 is 10.8 Å². The van der Waals surface area contributed by atoms with Crippen LogP contribution in [0.15, 0.2) is 24.3 Å². The molecule has 4 nitrogen and oxygen atoms in total. The SMILES string of the molecule is COc1ccc2c(CCO)c(OC)ccc2c1CCO. The van der Waals surface area contributed by atoms with Crippen LogP contribution in [0.2, 0.25) is 0 Å². The molecule has 2 aromatic rings. The van der Waals surface area contributed by atoms with Crippen molar-refractivity contribution in [3.63, 3.8) is 0 Å². The monoisotopic (exact) mass is 276 g/mol. The van der Waals surface area contributed by atoms with Gasteiger partial charge < -0.3 is 19.7 Å². The minimum atomic E-state index is 0.0663. The Bertz CT molecular complexity index is 539. The molecule has 0 atom stereocenters. The highest BCUT2D eigenvalue weighted by Gasteiger charge is 2.13. The van der Waals surface area contributed by atoms with Crippen molar-refractivity contribution in [1.29, 1.82) is 0 Å². The maximum Gasteiger partial charge on any atom is 0.122 e. The van der Waals surface area contributed by atoms with E-state index in [1.165, 1.54) is 0 Å². The minimum Gasteiger partial charge on any atom is -0.496 e. The summed E-state index contributed by atoms with van der Waals surface area (Å²) in [5, 5.41) is 20.6. The van der Waals surface area contributed by atoms with Crippen molar-refractivity contribution in [2.45, 2.75) is 12.8 Å². The summed E-state index contributed by atoms with van der Waals surface area (Å²) in [6.45, 7) is 0.133. The van der Waals surface area contributed by atoms with Crippen LogP contribution in [0.5, 0.6) is 11.5 Å². The van der Waals surface area contributed by atoms with E-state index >= 15 is 0 Å². The van der Waals surface area contributed by atoms with Gasteiger partial charge in [0.05, 0.1) is 14.2 Å². The van der Waals surface area contributed by atoms with Crippen molar-refractivity contribution in [3.8, 4) is 11.5 Å². The molecule has 0 saturated heterocycles. The Morgan fingerprint density at radius 2 is 1.15 bits per heavy atom. The maximum absolute atomic E-state index is 9.25. The van der Waals surface area contributed by atoms with E-state index in [4.69, 9.17) is 9.47 Å². The second kappa shape index (κ2) is 6.59. The lowest BCUT2D eigenvalue weighted by molar-refractivity contribution is 0.296. The predicted molar refractivity (Wildman–Crippen MR) is 78.6 cm³/mol. The van der Waals surface area contributed by atoms with Gasteiger partial charge in [-0.1, -0.05) is 12.1 Å². The molecule has 0 aromatic heterocycles. The fraction of sp³-hybridized carbons (Fsp3) is 0.375. The number of hydrogen-bond acceptors (Lipinski definition) is 4. The Hall–Kier alpha value is -1.78. The molecule has 0 amide bonds. The van der Waals surface area contributed by atoms with E-state index in [-0.39, 0.29) is 13.2 Å². The predicted octanol–water partition coefficient (Wildman–Crippen LogP) is 1.93. The van der Waals surface area contributed by atoms with Gasteiger partial charge in [-0.3, -0.25) is 0 Å². The molecule has 0 aliphatic heterocycles. The van der Waals surface area contributed by atoms with Crippen molar-refractivity contribution in [2.75, 3.05) is 27.4 Å². The molecule has 0 spiro atoms. The lowest BCUT2D eigenvalue weighted by Crippen LogP contribution is -2.01. The van der Waals surface area contributed by atoms with E-state index in [0.717, 1.165) is 33.4 Å². The van der Waals surface area contributed by atoms with Crippen LogP contribution in [0.25, 0.3) is 10.8 Å². The molecule has 0 radical (unpaired) electrons. The van der Waals surface area contributed by atoms with E-state index < -0.39 is 0 Å². The average molecular weight is 276 g/mol. The first-order chi connectivity index (χ1) is 9.76. The summed E-state index contributed by atoms with van der Waals surface area (Å²) < 4.78 is 10.7. The topological polar surface area (TPSA) is 58.9 Å². The molecular weight excluding hydrogens is 256 g/mol. The molecule has 20 heavy (non-hydrogen) atoms. The molecule has 0 aliphatic rings. The van der Waals surface area contributed by atoms with Crippen LogP contribution in [0.4, 0.5) is 0 Å². The number of methoxy groups -OCH3 is 2. The molecule has 0 saturated carbocycles. The van der Waals surface area contributed by atoms with Gasteiger partial charge in [-0.2, -0.15) is 0 Å². The Morgan fingerprint density at radius 1 is 0.750 bits per heavy atom. The summed E-state index contributed by atoms with van der Waals surface area (Å²) in [7, 11) is 3.25. The second-order valence-electron chi connectivity index (χ2n) is 4.54. The van der Waals surface area contributed by atoms with Crippen molar-refractivity contribution in [2.24, 2.45) is 0 Å². The minimum absolute atomic E-state index is 0.0663. The summed E-state index contributed by atoms with van der Waals surface area (Å²) in [6, 6.07) is 7.74. The fourth-order valence-electron chi connectivity index (χ4n) is 2.61. The van der Waals surface area contributed by atoms with Crippen LogP contribution in [0.3, 0.4) is 0 Å². The molecule has 0 unspecified atom stereocenters. The summed E-state index contributed by atoms with van der Waals surface area (Å²) in [5.74, 6) is 1.54. The third kappa shape index (κ3) is 2.57. The zero-order chi connectivity index (χ0) is 14.5. The van der Waals surface area contributed by atoms with Gasteiger partial charge in [0.25, 0.3) is 0 Å². The van der Waals surface area contributed by atoms with E-state index in [1.54, 1.807) is 14.2 Å². The zero-order valence-electron chi connectivity index (χ0n) is 11.8. The van der Waals surface area contributed by atoms with Crippen LogP contribution in [0.1, 0.15) is 11.1 Å². The van der Waals surface area contributed by atoms with Gasteiger partial charge in [0.1, 0.15) is 11.5 Å². The summed E-state index contributed by atoms with van der Waals surface area (Å²) in [6.07, 6.45) is 1.07. The Kier molecular flexibility index (Phi) is 4.82. The molecule has 4 heteroatoms. The van der Waals surface area contributed by atoms with Gasteiger partial charge >= 0.3 is 0 Å². The largest absolute Gasteiger partial charge is 0.496 e. The zero-order valence-corrected chi connectivity index (χ0v) is 11.8. The summed E-state index contributed by atoms with van der Waals surface area (Å²) >= 11 is 0. The van der Waals surface area contributed by atoms with E-state index in [2.05, 4.69) is 0 Å². The van der Waals surface area contributed by atoms with Gasteiger partial charge in [-0.25, -0.2) is 0 Å². The normalized spacial score (nSPS) is 10.8. The van der Waals surface area contributed by atoms with Crippen LogP contribution < -0.4 is 9.47 Å². The molecular formula is C16H20O4. The second-order valence-corrected chi connectivity index (χ2v) is 4.54. The number of aliphatic hydroxyl groups is 2. The van der Waals surface area contributed by atoms with Gasteiger partial charge in [-0.15, -0.1) is 0 Å². The van der Waals surface area contributed by atoms with Crippen molar-refractivity contribution in [3.05, 3.63) is 35.4 Å². The lowest BCUT2D eigenvalue weighted by atomic mass is 9.95. The lowest BCUT2D eigenvalue weighted by Gasteiger charge is -2.16. The first-order valence-corrected chi connectivity index (χ1v) is 6.64. The number of aliphatic hydroxyl groups excluding tert-OH is 2. The van der Waals surface area contributed by atoms with Crippen LogP contribution in [-0.2, 0) is 12.8 Å². The molecule has 2 N–H and O–H groups in total. The van der Waals surface area contributed by atoms with Crippen LogP contribution in [0, 0.1) is 0 Å². The third-order valence-electron chi connectivity index (χ3n) is 3.50. The van der Waals surface area contributed by atoms with Gasteiger partial charge in [0, 0.05) is 24.3 Å². The fourth-order valence-corrected chi connectivity index (χ4v) is 2.61. The molecule has 0 bridgehead atoms. The number of benzene rings is 2. The molecule has 108 valence electrons. The average Bonchev–Trinajstić information content (AvgIpc) is 2.48. The van der Waals surface area contributed by atoms with Crippen molar-refractivity contribution < 1.29 is 19.7 Å². The number of rotatable bonds is 6. The highest BCUT2D eigenvalue weighted by molar-refractivity contribution is 5.92. The number of fused-ring (bicyclic) bond motifs is 1. The Morgan fingerprint density at radius 3 is 1.45 bits per heavy atom. The molecule has 0 aliphatic carbocycles.